The molecular formula is C24H33N3O6. The normalized spacial score (nSPS) is 21.8. The van der Waals surface area contributed by atoms with Gasteiger partial charge in [0.25, 0.3) is 5.91 Å². The number of carbonyl (C=O) groups is 4. The Morgan fingerprint density at radius 2 is 1.82 bits per heavy atom. The minimum Gasteiger partial charge on any atom is -0.465 e. The van der Waals surface area contributed by atoms with Gasteiger partial charge in [-0.05, 0) is 51.5 Å². The molecule has 0 spiro atoms. The minimum absolute atomic E-state index is 0.143. The lowest BCUT2D eigenvalue weighted by atomic mass is 10.0. The van der Waals surface area contributed by atoms with Crippen LogP contribution in [0.4, 0.5) is 0 Å². The maximum Gasteiger partial charge on any atom is 0.330 e. The number of benzene rings is 1. The average molecular weight is 460 g/mol. The Morgan fingerprint density at radius 1 is 1.09 bits per heavy atom. The summed E-state index contributed by atoms with van der Waals surface area (Å²) in [5.74, 6) is -1.56. The highest BCUT2D eigenvalue weighted by atomic mass is 16.5. The lowest BCUT2D eigenvalue weighted by Crippen LogP contribution is -2.63. The third-order valence-electron chi connectivity index (χ3n) is 5.96. The van der Waals surface area contributed by atoms with E-state index in [4.69, 9.17) is 9.47 Å². The van der Waals surface area contributed by atoms with Crippen LogP contribution in [0.2, 0.25) is 0 Å². The fourth-order valence-corrected chi connectivity index (χ4v) is 4.35. The van der Waals surface area contributed by atoms with Crippen LogP contribution in [0.1, 0.15) is 51.5 Å². The molecule has 1 N–H and O–H groups in total. The van der Waals surface area contributed by atoms with Gasteiger partial charge in [-0.15, -0.1) is 0 Å². The number of rotatable bonds is 9. The smallest absolute Gasteiger partial charge is 0.330 e. The zero-order chi connectivity index (χ0) is 23.8. The molecule has 0 radical (unpaired) electrons. The number of esters is 2. The first-order valence-corrected chi connectivity index (χ1v) is 11.7. The second kappa shape index (κ2) is 11.8. The van der Waals surface area contributed by atoms with E-state index < -0.39 is 36.0 Å². The number of aryl methyl sites for hydroxylation is 1. The number of amides is 2. The molecule has 2 amide bonds. The molecule has 2 fully saturated rings. The Labute approximate surface area is 194 Å². The lowest BCUT2D eigenvalue weighted by Gasteiger charge is -2.42. The van der Waals surface area contributed by atoms with Crippen molar-refractivity contribution in [2.75, 3.05) is 19.8 Å². The van der Waals surface area contributed by atoms with Crippen molar-refractivity contribution in [1.82, 2.24) is 15.3 Å². The highest BCUT2D eigenvalue weighted by Crippen LogP contribution is 2.26. The van der Waals surface area contributed by atoms with Gasteiger partial charge in [0.2, 0.25) is 5.91 Å². The van der Waals surface area contributed by atoms with Gasteiger partial charge in [-0.25, -0.2) is 9.80 Å². The van der Waals surface area contributed by atoms with Crippen LogP contribution in [-0.4, -0.2) is 71.7 Å². The molecule has 2 aliphatic rings. The number of hydrogen-bond acceptors (Lipinski definition) is 7. The summed E-state index contributed by atoms with van der Waals surface area (Å²) in [6.07, 6.45) is 2.48. The molecule has 33 heavy (non-hydrogen) atoms. The lowest BCUT2D eigenvalue weighted by molar-refractivity contribution is -0.183. The topological polar surface area (TPSA) is 105 Å². The molecule has 0 bridgehead atoms. The van der Waals surface area contributed by atoms with E-state index in [1.165, 1.54) is 10.0 Å². The average Bonchev–Trinajstić information content (AvgIpc) is 2.94. The van der Waals surface area contributed by atoms with E-state index in [9.17, 15) is 19.2 Å². The molecule has 0 aromatic heterocycles. The molecule has 3 atom stereocenters. The first kappa shape index (κ1) is 24.7. The van der Waals surface area contributed by atoms with Crippen molar-refractivity contribution in [1.29, 1.82) is 0 Å². The van der Waals surface area contributed by atoms with Crippen molar-refractivity contribution in [3.05, 3.63) is 35.9 Å². The largest absolute Gasteiger partial charge is 0.465 e. The number of ether oxygens (including phenoxy) is 2. The SMILES string of the molecule is CCOC(=O)C(CCc1ccccc1)NC1CCC(=O)N2CCCC(C(=O)OCC)N2C1=O. The first-order chi connectivity index (χ1) is 16.0. The van der Waals surface area contributed by atoms with Crippen LogP contribution >= 0.6 is 0 Å². The molecule has 2 heterocycles. The van der Waals surface area contributed by atoms with Gasteiger partial charge < -0.3 is 9.47 Å². The van der Waals surface area contributed by atoms with Crippen LogP contribution in [0.15, 0.2) is 30.3 Å². The number of nitrogens with one attached hydrogen (secondary N) is 1. The van der Waals surface area contributed by atoms with Gasteiger partial charge >= 0.3 is 11.9 Å². The Kier molecular flexibility index (Phi) is 8.82. The van der Waals surface area contributed by atoms with Crippen LogP contribution in [0.25, 0.3) is 0 Å². The second-order valence-corrected chi connectivity index (χ2v) is 8.20. The van der Waals surface area contributed by atoms with E-state index in [0.717, 1.165) is 5.56 Å². The van der Waals surface area contributed by atoms with Crippen molar-refractivity contribution < 1.29 is 28.7 Å². The molecule has 3 rings (SSSR count). The molecule has 9 nitrogen and oxygen atoms in total. The van der Waals surface area contributed by atoms with Gasteiger partial charge in [-0.2, -0.15) is 0 Å². The number of nitrogens with zero attached hydrogens (tertiary/aromatic N) is 2. The zero-order valence-corrected chi connectivity index (χ0v) is 19.3. The van der Waals surface area contributed by atoms with Gasteiger partial charge in [0.1, 0.15) is 6.04 Å². The van der Waals surface area contributed by atoms with Crippen molar-refractivity contribution in [2.24, 2.45) is 0 Å². The fraction of sp³-hybridized carbons (Fsp3) is 0.583. The predicted octanol–water partition coefficient (Wildman–Crippen LogP) is 1.60. The van der Waals surface area contributed by atoms with E-state index in [0.29, 0.717) is 32.2 Å². The molecule has 1 aromatic carbocycles. The molecule has 0 aliphatic carbocycles. The van der Waals surface area contributed by atoms with Crippen molar-refractivity contribution >= 4 is 23.8 Å². The monoisotopic (exact) mass is 459 g/mol. The van der Waals surface area contributed by atoms with Crippen molar-refractivity contribution in [2.45, 2.75) is 70.5 Å². The molecule has 1 aromatic rings. The van der Waals surface area contributed by atoms with Crippen molar-refractivity contribution in [3.63, 3.8) is 0 Å². The number of fused-ring (bicyclic) bond motifs is 1. The van der Waals surface area contributed by atoms with E-state index in [1.807, 2.05) is 30.3 Å². The molecule has 180 valence electrons. The maximum atomic E-state index is 13.5. The van der Waals surface area contributed by atoms with Crippen LogP contribution in [-0.2, 0) is 35.1 Å². The van der Waals surface area contributed by atoms with Gasteiger partial charge in [-0.1, -0.05) is 30.3 Å². The van der Waals surface area contributed by atoms with Crippen LogP contribution in [0.5, 0.6) is 0 Å². The molecule has 2 saturated heterocycles. The van der Waals surface area contributed by atoms with Crippen LogP contribution < -0.4 is 5.32 Å². The summed E-state index contributed by atoms with van der Waals surface area (Å²) in [6, 6.07) is 7.40. The van der Waals surface area contributed by atoms with Gasteiger partial charge in [-0.3, -0.25) is 24.7 Å². The minimum atomic E-state index is -0.845. The van der Waals surface area contributed by atoms with Gasteiger partial charge in [0.05, 0.1) is 19.3 Å². The number of carbonyl (C=O) groups excluding carboxylic acids is 4. The molecule has 0 saturated carbocycles. The first-order valence-electron chi connectivity index (χ1n) is 11.7. The molecule has 3 unspecified atom stereocenters. The Bertz CT molecular complexity index is 846. The highest BCUT2D eigenvalue weighted by molar-refractivity contribution is 5.92. The van der Waals surface area contributed by atoms with Crippen LogP contribution in [0, 0.1) is 0 Å². The van der Waals surface area contributed by atoms with Gasteiger partial charge in [0.15, 0.2) is 6.04 Å². The fourth-order valence-electron chi connectivity index (χ4n) is 4.35. The summed E-state index contributed by atoms with van der Waals surface area (Å²) >= 11 is 0. The van der Waals surface area contributed by atoms with E-state index >= 15 is 0 Å². The molecular weight excluding hydrogens is 426 g/mol. The van der Waals surface area contributed by atoms with E-state index in [1.54, 1.807) is 13.8 Å². The Hall–Kier alpha value is -2.94. The molecule has 2 aliphatic heterocycles. The summed E-state index contributed by atoms with van der Waals surface area (Å²) < 4.78 is 10.4. The predicted molar refractivity (Wildman–Crippen MR) is 120 cm³/mol. The third kappa shape index (κ3) is 6.10. The summed E-state index contributed by atoms with van der Waals surface area (Å²) in [7, 11) is 0. The number of hydrazine groups is 1. The summed E-state index contributed by atoms with van der Waals surface area (Å²) in [5, 5.41) is 5.78. The standard InChI is InChI=1S/C24H33N3O6/c1-3-32-23(30)19(13-12-17-9-6-5-7-10-17)25-18-14-15-21(28)26-16-8-11-20(24(31)33-4-2)27(26)22(18)29/h5-7,9-10,18-20,25H,3-4,8,11-16H2,1-2H3. The van der Waals surface area contributed by atoms with Gasteiger partial charge in [0, 0.05) is 13.0 Å². The third-order valence-corrected chi connectivity index (χ3v) is 5.96. The number of hydrogen-bond donors (Lipinski definition) is 1. The summed E-state index contributed by atoms with van der Waals surface area (Å²) in [4.78, 5) is 51.5. The Morgan fingerprint density at radius 3 is 2.52 bits per heavy atom. The summed E-state index contributed by atoms with van der Waals surface area (Å²) in [6.45, 7) is 4.23. The second-order valence-electron chi connectivity index (χ2n) is 8.20. The highest BCUT2D eigenvalue weighted by Gasteiger charge is 2.45. The van der Waals surface area contributed by atoms with E-state index in [2.05, 4.69) is 5.32 Å². The maximum absolute atomic E-state index is 13.5. The Balaban J connectivity index is 1.79. The quantitative estimate of drug-likeness (QED) is 0.559. The van der Waals surface area contributed by atoms with E-state index in [-0.39, 0.29) is 32.0 Å². The summed E-state index contributed by atoms with van der Waals surface area (Å²) in [5.41, 5.74) is 1.07. The zero-order valence-electron chi connectivity index (χ0n) is 19.3. The molecule has 9 heteroatoms. The van der Waals surface area contributed by atoms with Crippen LogP contribution in [0.3, 0.4) is 0 Å². The van der Waals surface area contributed by atoms with Crippen molar-refractivity contribution in [3.8, 4) is 0 Å².